The maximum atomic E-state index is 4.77. The number of fused-ring (bicyclic) bond motifs is 1. The largest absolute Gasteiger partial charge is 0.316 e. The van der Waals surface area contributed by atoms with Crippen molar-refractivity contribution in [3.63, 3.8) is 0 Å². The molecule has 0 amide bonds. The molecular formula is C19H31N3. The van der Waals surface area contributed by atoms with Crippen LogP contribution in [0, 0.1) is 11.3 Å². The van der Waals surface area contributed by atoms with Crippen LogP contribution in [-0.4, -0.2) is 36.1 Å². The Morgan fingerprint density at radius 2 is 2.32 bits per heavy atom. The fourth-order valence-electron chi connectivity index (χ4n) is 4.21. The van der Waals surface area contributed by atoms with Crippen LogP contribution in [0.5, 0.6) is 0 Å². The minimum absolute atomic E-state index is 0.418. The number of nitrogens with zero attached hydrogens (tertiary/aromatic N) is 2. The fraction of sp³-hybridized carbons (Fsp3) is 0.737. The van der Waals surface area contributed by atoms with E-state index in [-0.39, 0.29) is 0 Å². The van der Waals surface area contributed by atoms with Crippen LogP contribution in [0.3, 0.4) is 0 Å². The lowest BCUT2D eigenvalue weighted by atomic mass is 9.85. The van der Waals surface area contributed by atoms with E-state index in [0.717, 1.165) is 6.54 Å². The lowest BCUT2D eigenvalue weighted by Crippen LogP contribution is -2.42. The van der Waals surface area contributed by atoms with E-state index >= 15 is 0 Å². The van der Waals surface area contributed by atoms with Gasteiger partial charge < -0.3 is 5.32 Å². The molecule has 0 radical (unpaired) electrons. The molecule has 1 saturated heterocycles. The lowest BCUT2D eigenvalue weighted by Gasteiger charge is -2.40. The van der Waals surface area contributed by atoms with E-state index in [9.17, 15) is 0 Å². The first-order valence-corrected chi connectivity index (χ1v) is 8.96. The van der Waals surface area contributed by atoms with Crippen molar-refractivity contribution in [1.82, 2.24) is 15.2 Å². The molecule has 122 valence electrons. The van der Waals surface area contributed by atoms with Crippen molar-refractivity contribution < 1.29 is 0 Å². The Balaban J connectivity index is 1.83. The third-order valence-corrected chi connectivity index (χ3v) is 5.25. The van der Waals surface area contributed by atoms with Gasteiger partial charge in [-0.2, -0.15) is 0 Å². The summed E-state index contributed by atoms with van der Waals surface area (Å²) in [4.78, 5) is 7.51. The first-order chi connectivity index (χ1) is 10.6. The standard InChI is InChI=1S/C19H31N3/c1-15(2)12-22(14-19(3)9-11-20-13-19)17-8-4-6-16-7-5-10-21-18(16)17/h5,7,10,15,17,20H,4,6,8-9,11-14H2,1-3H3. The van der Waals surface area contributed by atoms with Gasteiger partial charge in [-0.15, -0.1) is 0 Å². The Bertz CT molecular complexity index is 491. The molecule has 22 heavy (non-hydrogen) atoms. The number of aryl methyl sites for hydroxylation is 1. The molecule has 0 spiro atoms. The van der Waals surface area contributed by atoms with E-state index in [0.29, 0.717) is 17.4 Å². The number of aromatic nitrogens is 1. The first kappa shape index (κ1) is 15.9. The fourth-order valence-corrected chi connectivity index (χ4v) is 4.21. The van der Waals surface area contributed by atoms with Gasteiger partial charge in [0, 0.05) is 25.8 Å². The van der Waals surface area contributed by atoms with Crippen molar-refractivity contribution in [2.24, 2.45) is 11.3 Å². The van der Waals surface area contributed by atoms with E-state index in [4.69, 9.17) is 4.98 Å². The van der Waals surface area contributed by atoms with Crippen LogP contribution in [-0.2, 0) is 6.42 Å². The molecule has 1 aromatic rings. The number of hydrogen-bond acceptors (Lipinski definition) is 3. The Morgan fingerprint density at radius 3 is 3.05 bits per heavy atom. The van der Waals surface area contributed by atoms with Gasteiger partial charge >= 0.3 is 0 Å². The summed E-state index contributed by atoms with van der Waals surface area (Å²) in [5.74, 6) is 0.701. The second-order valence-corrected chi connectivity index (χ2v) is 8.02. The second kappa shape index (κ2) is 6.67. The molecule has 0 bridgehead atoms. The normalized spacial score (nSPS) is 28.3. The second-order valence-electron chi connectivity index (χ2n) is 8.02. The molecule has 3 rings (SSSR count). The van der Waals surface area contributed by atoms with Crippen molar-refractivity contribution in [3.8, 4) is 0 Å². The van der Waals surface area contributed by atoms with Crippen LogP contribution >= 0.6 is 0 Å². The van der Waals surface area contributed by atoms with Gasteiger partial charge in [-0.3, -0.25) is 9.88 Å². The third kappa shape index (κ3) is 3.52. The van der Waals surface area contributed by atoms with E-state index < -0.39 is 0 Å². The summed E-state index contributed by atoms with van der Waals surface area (Å²) in [6, 6.07) is 4.89. The summed E-state index contributed by atoms with van der Waals surface area (Å²) in [7, 11) is 0. The smallest absolute Gasteiger partial charge is 0.0607 e. The molecule has 2 aliphatic rings. The monoisotopic (exact) mass is 301 g/mol. The summed E-state index contributed by atoms with van der Waals surface area (Å²) < 4.78 is 0. The average Bonchev–Trinajstić information content (AvgIpc) is 2.92. The lowest BCUT2D eigenvalue weighted by molar-refractivity contribution is 0.101. The van der Waals surface area contributed by atoms with Gasteiger partial charge in [0.1, 0.15) is 0 Å². The van der Waals surface area contributed by atoms with Gasteiger partial charge in [0.05, 0.1) is 11.7 Å². The van der Waals surface area contributed by atoms with Crippen molar-refractivity contribution in [3.05, 3.63) is 29.6 Å². The summed E-state index contributed by atoms with van der Waals surface area (Å²) in [6.45, 7) is 11.8. The van der Waals surface area contributed by atoms with Crippen molar-refractivity contribution >= 4 is 0 Å². The molecule has 3 heteroatoms. The maximum absolute atomic E-state index is 4.77. The van der Waals surface area contributed by atoms with Gasteiger partial charge in [0.15, 0.2) is 0 Å². The van der Waals surface area contributed by atoms with Gasteiger partial charge in [-0.05, 0) is 55.2 Å². The predicted octanol–water partition coefficient (Wildman–Crippen LogP) is 3.42. The highest BCUT2D eigenvalue weighted by atomic mass is 15.2. The molecular weight excluding hydrogens is 270 g/mol. The van der Waals surface area contributed by atoms with Crippen LogP contribution in [0.2, 0.25) is 0 Å². The summed E-state index contributed by atoms with van der Waals surface area (Å²) >= 11 is 0. The molecule has 2 atom stereocenters. The van der Waals surface area contributed by atoms with E-state index in [1.807, 2.05) is 6.20 Å². The summed E-state index contributed by atoms with van der Waals surface area (Å²) in [6.07, 6.45) is 7.04. The molecule has 0 aromatic carbocycles. The highest BCUT2D eigenvalue weighted by Gasteiger charge is 2.35. The Hall–Kier alpha value is -0.930. The number of rotatable bonds is 5. The minimum atomic E-state index is 0.418. The Labute approximate surface area is 135 Å². The molecule has 0 saturated carbocycles. The molecule has 1 aromatic heterocycles. The van der Waals surface area contributed by atoms with Crippen molar-refractivity contribution in [2.75, 3.05) is 26.2 Å². The summed E-state index contributed by atoms with van der Waals surface area (Å²) in [5.41, 5.74) is 3.24. The van der Waals surface area contributed by atoms with Gasteiger partial charge in [0.2, 0.25) is 0 Å². The first-order valence-electron chi connectivity index (χ1n) is 8.96. The molecule has 3 nitrogen and oxygen atoms in total. The van der Waals surface area contributed by atoms with Crippen molar-refractivity contribution in [2.45, 2.75) is 52.5 Å². The van der Waals surface area contributed by atoms with Crippen LogP contribution < -0.4 is 5.32 Å². The topological polar surface area (TPSA) is 28.2 Å². The van der Waals surface area contributed by atoms with E-state index in [1.54, 1.807) is 0 Å². The molecule has 1 N–H and O–H groups in total. The van der Waals surface area contributed by atoms with Gasteiger partial charge in [0.25, 0.3) is 0 Å². The average molecular weight is 301 g/mol. The highest BCUT2D eigenvalue weighted by Crippen LogP contribution is 2.36. The van der Waals surface area contributed by atoms with Crippen LogP contribution in [0.25, 0.3) is 0 Å². The van der Waals surface area contributed by atoms with Crippen LogP contribution in [0.1, 0.15) is 57.3 Å². The van der Waals surface area contributed by atoms with Gasteiger partial charge in [-0.25, -0.2) is 0 Å². The summed E-state index contributed by atoms with van der Waals surface area (Å²) in [5, 5.41) is 3.55. The molecule has 1 aliphatic carbocycles. The van der Waals surface area contributed by atoms with E-state index in [2.05, 4.69) is 43.1 Å². The molecule has 2 heterocycles. The highest BCUT2D eigenvalue weighted by molar-refractivity contribution is 5.25. The Kier molecular flexibility index (Phi) is 4.84. The molecule has 2 unspecified atom stereocenters. The zero-order valence-corrected chi connectivity index (χ0v) is 14.4. The zero-order chi connectivity index (χ0) is 15.6. The number of hydrogen-bond donors (Lipinski definition) is 1. The Morgan fingerprint density at radius 1 is 1.45 bits per heavy atom. The number of nitrogens with one attached hydrogen (secondary N) is 1. The van der Waals surface area contributed by atoms with Crippen LogP contribution in [0.4, 0.5) is 0 Å². The quantitative estimate of drug-likeness (QED) is 0.903. The maximum Gasteiger partial charge on any atom is 0.0607 e. The zero-order valence-electron chi connectivity index (χ0n) is 14.4. The predicted molar refractivity (Wildman–Crippen MR) is 91.9 cm³/mol. The van der Waals surface area contributed by atoms with Crippen LogP contribution in [0.15, 0.2) is 18.3 Å². The SMILES string of the molecule is CC(C)CN(CC1(C)CCNC1)C1CCCc2cccnc21. The van der Waals surface area contributed by atoms with E-state index in [1.165, 1.54) is 56.6 Å². The third-order valence-electron chi connectivity index (χ3n) is 5.25. The molecule has 1 fully saturated rings. The molecule has 1 aliphatic heterocycles. The van der Waals surface area contributed by atoms with Crippen molar-refractivity contribution in [1.29, 1.82) is 0 Å². The minimum Gasteiger partial charge on any atom is -0.316 e. The number of pyridine rings is 1. The van der Waals surface area contributed by atoms with Gasteiger partial charge in [-0.1, -0.05) is 26.8 Å².